The minimum Gasteiger partial charge on any atom is -0.383 e. The number of nitrogens with one attached hydrogen (secondary N) is 2. The van der Waals surface area contributed by atoms with Gasteiger partial charge in [-0.2, -0.15) is 0 Å². The third-order valence-electron chi connectivity index (χ3n) is 4.03. The number of halogens is 1. The Labute approximate surface area is 174 Å². The van der Waals surface area contributed by atoms with Crippen LogP contribution in [0.1, 0.15) is 45.4 Å². The first-order valence-corrected chi connectivity index (χ1v) is 9.92. The number of nitrogens with zero attached hydrogens (tertiary/aromatic N) is 2. The smallest absolute Gasteiger partial charge is 0.191 e. The van der Waals surface area contributed by atoms with Crippen LogP contribution in [-0.2, 0) is 5.60 Å². The van der Waals surface area contributed by atoms with Crippen LogP contribution in [-0.4, -0.2) is 55.2 Å². The van der Waals surface area contributed by atoms with Crippen molar-refractivity contribution in [1.29, 1.82) is 0 Å². The standard InChI is InChI=1S/C18H34N4OS.HI/c1-5-19-17(20-12-8-9-13-22(6-2)7-3)21-15-18(4,23)16-11-10-14-24-16;/h10-11,14,23H,5-9,12-13,15H2,1-4H3,(H2,19,20,21);1H. The summed E-state index contributed by atoms with van der Waals surface area (Å²) >= 11 is 1.56. The second-order valence-corrected chi connectivity index (χ2v) is 7.05. The Hall–Kier alpha value is -0.380. The second-order valence-electron chi connectivity index (χ2n) is 6.11. The van der Waals surface area contributed by atoms with Gasteiger partial charge in [0.25, 0.3) is 0 Å². The van der Waals surface area contributed by atoms with Gasteiger partial charge >= 0.3 is 0 Å². The van der Waals surface area contributed by atoms with E-state index in [1.807, 2.05) is 24.4 Å². The van der Waals surface area contributed by atoms with Crippen molar-refractivity contribution in [3.8, 4) is 0 Å². The lowest BCUT2D eigenvalue weighted by Crippen LogP contribution is -2.39. The van der Waals surface area contributed by atoms with Crippen molar-refractivity contribution in [2.75, 3.05) is 39.3 Å². The van der Waals surface area contributed by atoms with Gasteiger partial charge in [0.1, 0.15) is 5.60 Å². The maximum atomic E-state index is 10.6. The maximum absolute atomic E-state index is 10.6. The zero-order valence-electron chi connectivity index (χ0n) is 16.0. The Morgan fingerprint density at radius 3 is 2.52 bits per heavy atom. The molecule has 0 aromatic carbocycles. The Bertz CT molecular complexity index is 462. The van der Waals surface area contributed by atoms with Crippen molar-refractivity contribution < 1.29 is 5.11 Å². The van der Waals surface area contributed by atoms with Crippen molar-refractivity contribution in [3.63, 3.8) is 0 Å². The average molecular weight is 482 g/mol. The minimum absolute atomic E-state index is 0. The monoisotopic (exact) mass is 482 g/mol. The molecule has 5 nitrogen and oxygen atoms in total. The molecule has 0 amide bonds. The van der Waals surface area contributed by atoms with Crippen molar-refractivity contribution in [1.82, 2.24) is 15.5 Å². The molecule has 0 aliphatic rings. The number of hydrogen-bond acceptors (Lipinski definition) is 4. The van der Waals surface area contributed by atoms with Crippen LogP contribution in [0.5, 0.6) is 0 Å². The lowest BCUT2D eigenvalue weighted by molar-refractivity contribution is 0.0711. The molecule has 146 valence electrons. The number of unbranched alkanes of at least 4 members (excludes halogenated alkanes) is 1. The summed E-state index contributed by atoms with van der Waals surface area (Å²) in [7, 11) is 0. The molecule has 0 radical (unpaired) electrons. The molecule has 3 N–H and O–H groups in total. The van der Waals surface area contributed by atoms with Crippen LogP contribution in [0.25, 0.3) is 0 Å². The summed E-state index contributed by atoms with van der Waals surface area (Å²) in [5.74, 6) is 0.775. The number of aliphatic hydroxyl groups is 1. The second kappa shape index (κ2) is 13.8. The Morgan fingerprint density at radius 1 is 1.24 bits per heavy atom. The van der Waals surface area contributed by atoms with Gasteiger partial charge in [0.05, 0.1) is 6.54 Å². The number of rotatable bonds is 11. The van der Waals surface area contributed by atoms with Crippen molar-refractivity contribution >= 4 is 41.3 Å². The summed E-state index contributed by atoms with van der Waals surface area (Å²) in [6, 6.07) is 3.91. The maximum Gasteiger partial charge on any atom is 0.191 e. The fourth-order valence-corrected chi connectivity index (χ4v) is 3.22. The first-order valence-electron chi connectivity index (χ1n) is 9.04. The fourth-order valence-electron chi connectivity index (χ4n) is 2.44. The van der Waals surface area contributed by atoms with E-state index >= 15 is 0 Å². The number of aliphatic imine (C=N–C) groups is 1. The lowest BCUT2D eigenvalue weighted by Gasteiger charge is -2.21. The zero-order valence-corrected chi connectivity index (χ0v) is 19.2. The van der Waals surface area contributed by atoms with Crippen LogP contribution < -0.4 is 10.6 Å². The Morgan fingerprint density at radius 2 is 1.96 bits per heavy atom. The average Bonchev–Trinajstić information content (AvgIpc) is 3.11. The van der Waals surface area contributed by atoms with Crippen molar-refractivity contribution in [2.45, 2.75) is 46.1 Å². The summed E-state index contributed by atoms with van der Waals surface area (Å²) in [5, 5.41) is 19.1. The van der Waals surface area contributed by atoms with E-state index in [1.54, 1.807) is 11.3 Å². The lowest BCUT2D eigenvalue weighted by atomic mass is 10.1. The first kappa shape index (κ1) is 24.6. The van der Waals surface area contributed by atoms with E-state index in [4.69, 9.17) is 0 Å². The van der Waals surface area contributed by atoms with E-state index in [-0.39, 0.29) is 24.0 Å². The number of guanidine groups is 1. The van der Waals surface area contributed by atoms with E-state index in [2.05, 4.69) is 41.3 Å². The molecular formula is C18H35IN4OS. The quantitative estimate of drug-likeness (QED) is 0.196. The van der Waals surface area contributed by atoms with Crippen LogP contribution in [0.2, 0.25) is 0 Å². The van der Waals surface area contributed by atoms with E-state index < -0.39 is 5.60 Å². The molecule has 0 spiro atoms. The van der Waals surface area contributed by atoms with Crippen LogP contribution >= 0.6 is 35.3 Å². The number of hydrogen-bond donors (Lipinski definition) is 3. The molecule has 1 atom stereocenters. The first-order chi connectivity index (χ1) is 11.5. The van der Waals surface area contributed by atoms with E-state index in [9.17, 15) is 5.11 Å². The molecule has 7 heteroatoms. The van der Waals surface area contributed by atoms with Gasteiger partial charge < -0.3 is 20.6 Å². The van der Waals surface area contributed by atoms with Gasteiger partial charge in [-0.15, -0.1) is 35.3 Å². The molecule has 1 unspecified atom stereocenters. The fraction of sp³-hybridized carbons (Fsp3) is 0.722. The van der Waals surface area contributed by atoms with Gasteiger partial charge in [-0.05, 0) is 57.8 Å². The van der Waals surface area contributed by atoms with Crippen molar-refractivity contribution in [2.24, 2.45) is 4.99 Å². The van der Waals surface area contributed by atoms with Gasteiger partial charge in [-0.3, -0.25) is 0 Å². The molecule has 0 aliphatic heterocycles. The summed E-state index contributed by atoms with van der Waals surface area (Å²) in [6.07, 6.45) is 2.29. The molecule has 1 aromatic rings. The molecule has 0 saturated carbocycles. The summed E-state index contributed by atoms with van der Waals surface area (Å²) < 4.78 is 0. The van der Waals surface area contributed by atoms with Crippen LogP contribution in [0, 0.1) is 0 Å². The minimum atomic E-state index is -0.917. The van der Waals surface area contributed by atoms with Crippen molar-refractivity contribution in [3.05, 3.63) is 22.4 Å². The summed E-state index contributed by atoms with van der Waals surface area (Å²) in [5.41, 5.74) is -0.917. The largest absolute Gasteiger partial charge is 0.383 e. The highest BCUT2D eigenvalue weighted by Gasteiger charge is 2.23. The third-order valence-corrected chi connectivity index (χ3v) is 5.15. The Balaban J connectivity index is 0.00000576. The predicted molar refractivity (Wildman–Crippen MR) is 120 cm³/mol. The number of thiophene rings is 1. The molecule has 0 saturated heterocycles. The van der Waals surface area contributed by atoms with Crippen LogP contribution in [0.3, 0.4) is 0 Å². The van der Waals surface area contributed by atoms with Crippen LogP contribution in [0.4, 0.5) is 0 Å². The highest BCUT2D eigenvalue weighted by Crippen LogP contribution is 2.25. The van der Waals surface area contributed by atoms with Gasteiger partial charge in [0, 0.05) is 18.0 Å². The SMILES string of the molecule is CCNC(=NCC(C)(O)c1cccs1)NCCCCN(CC)CC.I. The van der Waals surface area contributed by atoms with E-state index in [0.717, 1.165) is 50.0 Å². The molecule has 1 rings (SSSR count). The van der Waals surface area contributed by atoms with E-state index in [0.29, 0.717) is 6.54 Å². The normalized spacial score (nSPS) is 14.1. The molecule has 0 bridgehead atoms. The van der Waals surface area contributed by atoms with E-state index in [1.165, 1.54) is 6.42 Å². The van der Waals surface area contributed by atoms with Gasteiger partial charge in [-0.1, -0.05) is 19.9 Å². The Kier molecular flexibility index (Phi) is 13.6. The highest BCUT2D eigenvalue weighted by molar-refractivity contribution is 14.0. The summed E-state index contributed by atoms with van der Waals surface area (Å²) in [4.78, 5) is 7.93. The predicted octanol–water partition coefficient (Wildman–Crippen LogP) is 3.25. The van der Waals surface area contributed by atoms with Gasteiger partial charge in [-0.25, -0.2) is 4.99 Å². The molecule has 0 aliphatic carbocycles. The molecule has 0 fully saturated rings. The molecule has 1 heterocycles. The molecular weight excluding hydrogens is 447 g/mol. The zero-order chi connectivity index (χ0) is 17.8. The topological polar surface area (TPSA) is 59.9 Å². The van der Waals surface area contributed by atoms with Gasteiger partial charge in [0.15, 0.2) is 5.96 Å². The van der Waals surface area contributed by atoms with Gasteiger partial charge in [0.2, 0.25) is 0 Å². The highest BCUT2D eigenvalue weighted by atomic mass is 127. The van der Waals surface area contributed by atoms with Crippen LogP contribution in [0.15, 0.2) is 22.5 Å². The molecule has 25 heavy (non-hydrogen) atoms. The third kappa shape index (κ3) is 9.77. The molecule has 1 aromatic heterocycles. The summed E-state index contributed by atoms with van der Waals surface area (Å²) in [6.45, 7) is 13.7.